The van der Waals surface area contributed by atoms with Gasteiger partial charge in [0, 0.05) is 11.8 Å². The molecule has 4 N–H and O–H groups in total. The monoisotopic (exact) mass is 343 g/mol. The van der Waals surface area contributed by atoms with Crippen molar-refractivity contribution in [2.75, 3.05) is 17.9 Å². The van der Waals surface area contributed by atoms with E-state index in [0.29, 0.717) is 16.6 Å². The molecule has 0 radical (unpaired) electrons. The van der Waals surface area contributed by atoms with Crippen molar-refractivity contribution in [1.29, 1.82) is 0 Å². The van der Waals surface area contributed by atoms with Gasteiger partial charge in [0.25, 0.3) is 0 Å². The van der Waals surface area contributed by atoms with Crippen molar-refractivity contribution < 1.29 is 4.74 Å². The van der Waals surface area contributed by atoms with Crippen molar-refractivity contribution in [2.24, 2.45) is 5.84 Å². The third-order valence-corrected chi connectivity index (χ3v) is 3.22. The molecule has 2 aromatic rings. The highest BCUT2D eigenvalue weighted by Crippen LogP contribution is 2.30. The number of rotatable bonds is 4. The molecule has 0 aliphatic rings. The summed E-state index contributed by atoms with van der Waals surface area (Å²) in [5, 5.41) is 3.46. The highest BCUT2D eigenvalue weighted by molar-refractivity contribution is 9.10. The van der Waals surface area contributed by atoms with Crippen molar-refractivity contribution in [3.05, 3.63) is 33.9 Å². The maximum Gasteiger partial charge on any atom is 0.239 e. The molecule has 1 aromatic carbocycles. The van der Waals surface area contributed by atoms with Gasteiger partial charge in [-0.15, -0.1) is 0 Å². The summed E-state index contributed by atoms with van der Waals surface area (Å²) in [5.41, 5.74) is 3.14. The Labute approximate surface area is 123 Å². The van der Waals surface area contributed by atoms with E-state index < -0.39 is 0 Å². The van der Waals surface area contributed by atoms with Crippen LogP contribution in [-0.2, 0) is 0 Å². The highest BCUT2D eigenvalue weighted by atomic mass is 79.9. The summed E-state index contributed by atoms with van der Waals surface area (Å²) in [6, 6.07) is 5.54. The molecular weight excluding hydrogens is 334 g/mol. The van der Waals surface area contributed by atoms with Crippen LogP contribution in [0.3, 0.4) is 0 Å². The zero-order chi connectivity index (χ0) is 13.8. The number of nitrogens with two attached hydrogens (primary N) is 1. The second-order valence-corrected chi connectivity index (χ2v) is 4.77. The molecule has 0 aliphatic heterocycles. The number of benzene rings is 1. The normalized spacial score (nSPS) is 10.1. The van der Waals surface area contributed by atoms with Crippen LogP contribution in [0.15, 0.2) is 28.9 Å². The number of nitrogens with one attached hydrogen (secondary N) is 2. The number of methoxy groups -OCH3 is 1. The SMILES string of the molecule is COc1cc(Nc2nc(NN)ncc2Cl)ccc1Br. The number of nitrogen functional groups attached to an aromatic ring is 1. The molecule has 0 amide bonds. The molecule has 100 valence electrons. The molecule has 0 fully saturated rings. The predicted molar refractivity (Wildman–Crippen MR) is 78.8 cm³/mol. The molecular formula is C11H11BrClN5O. The topological polar surface area (TPSA) is 85.1 Å². The average Bonchev–Trinajstić information content (AvgIpc) is 2.43. The van der Waals surface area contributed by atoms with Crippen molar-refractivity contribution in [2.45, 2.75) is 0 Å². The van der Waals surface area contributed by atoms with Crippen LogP contribution >= 0.6 is 27.5 Å². The molecule has 0 atom stereocenters. The molecule has 0 saturated carbocycles. The quantitative estimate of drug-likeness (QED) is 0.584. The van der Waals surface area contributed by atoms with Gasteiger partial charge in [0.1, 0.15) is 10.8 Å². The van der Waals surface area contributed by atoms with Gasteiger partial charge in [-0.3, -0.25) is 5.43 Å². The first kappa shape index (κ1) is 13.9. The van der Waals surface area contributed by atoms with Gasteiger partial charge >= 0.3 is 0 Å². The van der Waals surface area contributed by atoms with Gasteiger partial charge in [0.05, 0.1) is 17.8 Å². The summed E-state index contributed by atoms with van der Waals surface area (Å²) in [6.07, 6.45) is 1.46. The lowest BCUT2D eigenvalue weighted by Crippen LogP contribution is -2.11. The first-order valence-electron chi connectivity index (χ1n) is 5.23. The van der Waals surface area contributed by atoms with Crippen LogP contribution in [-0.4, -0.2) is 17.1 Å². The van der Waals surface area contributed by atoms with Crippen LogP contribution in [0.4, 0.5) is 17.5 Å². The van der Waals surface area contributed by atoms with Crippen LogP contribution in [0.2, 0.25) is 5.02 Å². The number of anilines is 3. The van der Waals surface area contributed by atoms with E-state index >= 15 is 0 Å². The predicted octanol–water partition coefficient (Wildman–Crippen LogP) is 2.93. The fourth-order valence-corrected chi connectivity index (χ4v) is 1.95. The Balaban J connectivity index is 2.30. The van der Waals surface area contributed by atoms with Crippen molar-refractivity contribution in [3.8, 4) is 5.75 Å². The minimum absolute atomic E-state index is 0.274. The Morgan fingerprint density at radius 3 is 2.89 bits per heavy atom. The van der Waals surface area contributed by atoms with Crippen LogP contribution < -0.4 is 21.3 Å². The molecule has 19 heavy (non-hydrogen) atoms. The first-order valence-corrected chi connectivity index (χ1v) is 6.41. The lowest BCUT2D eigenvalue weighted by molar-refractivity contribution is 0.412. The van der Waals surface area contributed by atoms with E-state index in [9.17, 15) is 0 Å². The lowest BCUT2D eigenvalue weighted by atomic mass is 10.3. The van der Waals surface area contributed by atoms with Crippen LogP contribution in [0, 0.1) is 0 Å². The van der Waals surface area contributed by atoms with E-state index in [2.05, 4.69) is 36.6 Å². The van der Waals surface area contributed by atoms with E-state index in [1.54, 1.807) is 7.11 Å². The van der Waals surface area contributed by atoms with Crippen molar-refractivity contribution >= 4 is 45.0 Å². The molecule has 0 bridgehead atoms. The number of aromatic nitrogens is 2. The molecule has 1 aromatic heterocycles. The number of hydrogen-bond donors (Lipinski definition) is 3. The maximum atomic E-state index is 6.01. The standard InChI is InChI=1S/C11H11BrClN5O/c1-19-9-4-6(2-3-7(9)12)16-10-8(13)5-15-11(17-10)18-14/h2-5H,14H2,1H3,(H2,15,16,17,18). The number of hydrogen-bond acceptors (Lipinski definition) is 6. The third kappa shape index (κ3) is 3.25. The van der Waals surface area contributed by atoms with Crippen LogP contribution in [0.25, 0.3) is 0 Å². The summed E-state index contributed by atoms with van der Waals surface area (Å²) in [7, 11) is 1.60. The van der Waals surface area contributed by atoms with Gasteiger partial charge < -0.3 is 10.1 Å². The Bertz CT molecular complexity index is 595. The second kappa shape index (κ2) is 6.05. The number of hydrazine groups is 1. The summed E-state index contributed by atoms with van der Waals surface area (Å²) >= 11 is 9.39. The maximum absolute atomic E-state index is 6.01. The van der Waals surface area contributed by atoms with E-state index in [0.717, 1.165) is 10.2 Å². The third-order valence-electron chi connectivity index (χ3n) is 2.29. The summed E-state index contributed by atoms with van der Waals surface area (Å²) < 4.78 is 6.07. The molecule has 0 saturated heterocycles. The van der Waals surface area contributed by atoms with Gasteiger partial charge in [0.15, 0.2) is 5.82 Å². The zero-order valence-corrected chi connectivity index (χ0v) is 12.3. The van der Waals surface area contributed by atoms with E-state index in [-0.39, 0.29) is 5.95 Å². The summed E-state index contributed by atoms with van der Waals surface area (Å²) in [6.45, 7) is 0. The second-order valence-electron chi connectivity index (χ2n) is 3.51. The number of ether oxygens (including phenoxy) is 1. The van der Waals surface area contributed by atoms with Crippen LogP contribution in [0.1, 0.15) is 0 Å². The fourth-order valence-electron chi connectivity index (χ4n) is 1.40. The van der Waals surface area contributed by atoms with Gasteiger partial charge in [0.2, 0.25) is 5.95 Å². The Hall–Kier alpha value is -1.57. The molecule has 8 heteroatoms. The van der Waals surface area contributed by atoms with Gasteiger partial charge in [-0.25, -0.2) is 10.8 Å². The van der Waals surface area contributed by atoms with Crippen molar-refractivity contribution in [1.82, 2.24) is 9.97 Å². The Kier molecular flexibility index (Phi) is 4.41. The minimum atomic E-state index is 0.274. The smallest absolute Gasteiger partial charge is 0.239 e. The molecule has 1 heterocycles. The fraction of sp³-hybridized carbons (Fsp3) is 0.0909. The highest BCUT2D eigenvalue weighted by Gasteiger charge is 2.07. The number of halogens is 2. The first-order chi connectivity index (χ1) is 9.13. The average molecular weight is 345 g/mol. The molecule has 6 nitrogen and oxygen atoms in total. The van der Waals surface area contributed by atoms with E-state index in [4.69, 9.17) is 22.2 Å². The van der Waals surface area contributed by atoms with Gasteiger partial charge in [-0.1, -0.05) is 11.6 Å². The van der Waals surface area contributed by atoms with E-state index in [1.807, 2.05) is 18.2 Å². The largest absolute Gasteiger partial charge is 0.495 e. The van der Waals surface area contributed by atoms with Gasteiger partial charge in [-0.05, 0) is 28.1 Å². The minimum Gasteiger partial charge on any atom is -0.495 e. The molecule has 0 unspecified atom stereocenters. The Morgan fingerprint density at radius 2 is 2.21 bits per heavy atom. The molecule has 0 aliphatic carbocycles. The Morgan fingerprint density at radius 1 is 1.42 bits per heavy atom. The zero-order valence-electron chi connectivity index (χ0n) is 9.95. The summed E-state index contributed by atoms with van der Waals surface area (Å²) in [4.78, 5) is 8.02. The van der Waals surface area contributed by atoms with Gasteiger partial charge in [-0.2, -0.15) is 4.98 Å². The summed E-state index contributed by atoms with van der Waals surface area (Å²) in [5.74, 6) is 6.68. The van der Waals surface area contributed by atoms with Crippen molar-refractivity contribution in [3.63, 3.8) is 0 Å². The molecule has 2 rings (SSSR count). The number of nitrogens with zero attached hydrogens (tertiary/aromatic N) is 2. The van der Waals surface area contributed by atoms with Crippen LogP contribution in [0.5, 0.6) is 5.75 Å². The lowest BCUT2D eigenvalue weighted by Gasteiger charge is -2.10. The molecule has 0 spiro atoms. The van der Waals surface area contributed by atoms with E-state index in [1.165, 1.54) is 6.20 Å².